The highest BCUT2D eigenvalue weighted by Crippen LogP contribution is 2.13. The van der Waals surface area contributed by atoms with Crippen molar-refractivity contribution in [3.8, 4) is 0 Å². The first-order chi connectivity index (χ1) is 17.0. The third kappa shape index (κ3) is 26.6. The van der Waals surface area contributed by atoms with Crippen LogP contribution in [0.2, 0.25) is 0 Å². The Hall–Kier alpha value is -0.280. The van der Waals surface area contributed by atoms with Gasteiger partial charge in [0.2, 0.25) is 0 Å². The van der Waals surface area contributed by atoms with Crippen LogP contribution in [0.4, 0.5) is 0 Å². The lowest BCUT2D eigenvalue weighted by atomic mass is 10.1. The highest BCUT2D eigenvalue weighted by molar-refractivity contribution is 4.55. The van der Waals surface area contributed by atoms with Crippen LogP contribution < -0.4 is 0 Å². The molecule has 0 saturated heterocycles. The SMILES string of the molecule is CCCCCCCCCCCCN(CC(O)O)ON(CCCCCCCCCCCC)CC(O)O. The number of hydrogen-bond donors (Lipinski definition) is 4. The number of hydroxylamine groups is 4. The van der Waals surface area contributed by atoms with Crippen LogP contribution in [0.25, 0.3) is 0 Å². The summed E-state index contributed by atoms with van der Waals surface area (Å²) in [6.45, 7) is 5.62. The summed E-state index contributed by atoms with van der Waals surface area (Å²) in [4.78, 5) is 5.86. The normalized spacial score (nSPS) is 12.2. The minimum Gasteiger partial charge on any atom is -0.367 e. The molecule has 4 N–H and O–H groups in total. The maximum atomic E-state index is 9.46. The van der Waals surface area contributed by atoms with E-state index in [1.165, 1.54) is 103 Å². The van der Waals surface area contributed by atoms with Crippen molar-refractivity contribution < 1.29 is 25.4 Å². The van der Waals surface area contributed by atoms with Crippen LogP contribution in [0.1, 0.15) is 142 Å². The second kappa shape index (κ2) is 26.8. The van der Waals surface area contributed by atoms with Crippen molar-refractivity contribution >= 4 is 0 Å². The molecule has 0 aromatic carbocycles. The molecule has 0 radical (unpaired) electrons. The smallest absolute Gasteiger partial charge is 0.166 e. The van der Waals surface area contributed by atoms with Crippen LogP contribution in [0.15, 0.2) is 0 Å². The average molecular weight is 505 g/mol. The van der Waals surface area contributed by atoms with E-state index in [-0.39, 0.29) is 13.1 Å². The molecule has 0 amide bonds. The Morgan fingerprint density at radius 1 is 0.429 bits per heavy atom. The first-order valence-electron chi connectivity index (χ1n) is 14.9. The van der Waals surface area contributed by atoms with Gasteiger partial charge in [0.25, 0.3) is 0 Å². The van der Waals surface area contributed by atoms with Gasteiger partial charge in [-0.05, 0) is 12.8 Å². The lowest BCUT2D eigenvalue weighted by Gasteiger charge is -2.30. The van der Waals surface area contributed by atoms with Gasteiger partial charge in [-0.15, -0.1) is 0 Å². The molecule has 7 heteroatoms. The van der Waals surface area contributed by atoms with Crippen molar-refractivity contribution in [3.63, 3.8) is 0 Å². The van der Waals surface area contributed by atoms with Crippen molar-refractivity contribution in [1.29, 1.82) is 0 Å². The second-order valence-corrected chi connectivity index (χ2v) is 10.2. The highest BCUT2D eigenvalue weighted by Gasteiger charge is 2.17. The van der Waals surface area contributed by atoms with Crippen LogP contribution in [-0.4, -0.2) is 69.3 Å². The van der Waals surface area contributed by atoms with E-state index >= 15 is 0 Å². The van der Waals surface area contributed by atoms with Gasteiger partial charge < -0.3 is 20.4 Å². The Kier molecular flexibility index (Phi) is 26.6. The summed E-state index contributed by atoms with van der Waals surface area (Å²) >= 11 is 0. The standard InChI is InChI=1S/C28H60N2O5/c1-3-5-7-9-11-13-15-17-19-21-23-29(25-27(31)32)35-30(26-28(33)34)24-22-20-18-16-14-12-10-8-6-4-2/h27-28,31-34H,3-26H2,1-2H3. The number of aliphatic hydroxyl groups excluding tert-OH is 2. The molecule has 0 aromatic rings. The van der Waals surface area contributed by atoms with Crippen LogP contribution in [0.3, 0.4) is 0 Å². The van der Waals surface area contributed by atoms with Gasteiger partial charge in [-0.1, -0.05) is 129 Å². The molecule has 0 heterocycles. The van der Waals surface area contributed by atoms with Crippen molar-refractivity contribution in [2.24, 2.45) is 0 Å². The second-order valence-electron chi connectivity index (χ2n) is 10.2. The summed E-state index contributed by atoms with van der Waals surface area (Å²) in [5, 5.41) is 40.9. The average Bonchev–Trinajstić information content (AvgIpc) is 2.80. The van der Waals surface area contributed by atoms with Gasteiger partial charge in [0.05, 0.1) is 13.1 Å². The van der Waals surface area contributed by atoms with E-state index < -0.39 is 12.6 Å². The van der Waals surface area contributed by atoms with E-state index in [0.29, 0.717) is 13.1 Å². The minimum absolute atomic E-state index is 0.0204. The molecule has 0 aliphatic rings. The Labute approximate surface area is 216 Å². The van der Waals surface area contributed by atoms with Gasteiger partial charge in [0, 0.05) is 13.1 Å². The molecule has 35 heavy (non-hydrogen) atoms. The van der Waals surface area contributed by atoms with Gasteiger partial charge in [-0.3, -0.25) is 0 Å². The Morgan fingerprint density at radius 3 is 0.943 bits per heavy atom. The van der Waals surface area contributed by atoms with Gasteiger partial charge in [-0.25, -0.2) is 4.94 Å². The fourth-order valence-electron chi connectivity index (χ4n) is 4.41. The molecular weight excluding hydrogens is 444 g/mol. The van der Waals surface area contributed by atoms with Crippen molar-refractivity contribution in [3.05, 3.63) is 0 Å². The van der Waals surface area contributed by atoms with Crippen LogP contribution >= 0.6 is 0 Å². The Morgan fingerprint density at radius 2 is 0.686 bits per heavy atom. The van der Waals surface area contributed by atoms with Crippen molar-refractivity contribution in [2.75, 3.05) is 26.2 Å². The molecule has 0 aromatic heterocycles. The first-order valence-corrected chi connectivity index (χ1v) is 14.9. The van der Waals surface area contributed by atoms with E-state index in [1.54, 1.807) is 10.1 Å². The molecule has 0 spiro atoms. The maximum absolute atomic E-state index is 9.46. The third-order valence-corrected chi connectivity index (χ3v) is 6.49. The van der Waals surface area contributed by atoms with Gasteiger partial charge in [0.15, 0.2) is 12.6 Å². The molecule has 0 unspecified atom stereocenters. The van der Waals surface area contributed by atoms with E-state index in [4.69, 9.17) is 4.94 Å². The zero-order valence-corrected chi connectivity index (χ0v) is 23.2. The Balaban J connectivity index is 4.12. The summed E-state index contributed by atoms with van der Waals surface area (Å²) in [6.07, 6.45) is 21.7. The number of unbranched alkanes of at least 4 members (excludes halogenated alkanes) is 18. The van der Waals surface area contributed by atoms with E-state index in [1.807, 2.05) is 0 Å². The largest absolute Gasteiger partial charge is 0.367 e. The summed E-state index contributed by atoms with van der Waals surface area (Å²) < 4.78 is 0. The molecular formula is C28H60N2O5. The minimum atomic E-state index is -1.49. The quantitative estimate of drug-likeness (QED) is 0.0598. The van der Waals surface area contributed by atoms with Gasteiger partial charge in [-0.2, -0.15) is 10.1 Å². The van der Waals surface area contributed by atoms with Crippen LogP contribution in [0.5, 0.6) is 0 Å². The molecule has 0 aliphatic heterocycles. The number of aliphatic hydroxyl groups is 4. The fourth-order valence-corrected chi connectivity index (χ4v) is 4.41. The molecule has 0 saturated carbocycles. The predicted molar refractivity (Wildman–Crippen MR) is 144 cm³/mol. The van der Waals surface area contributed by atoms with E-state index in [2.05, 4.69) is 13.8 Å². The summed E-state index contributed by atoms with van der Waals surface area (Å²) in [6, 6.07) is 0. The fraction of sp³-hybridized carbons (Fsp3) is 1.00. The predicted octanol–water partition coefficient (Wildman–Crippen LogP) is 5.90. The van der Waals surface area contributed by atoms with Gasteiger partial charge >= 0.3 is 0 Å². The Bertz CT molecular complexity index is 377. The number of hydrogen-bond acceptors (Lipinski definition) is 7. The highest BCUT2D eigenvalue weighted by atomic mass is 16.8. The summed E-state index contributed by atoms with van der Waals surface area (Å²) in [7, 11) is 0. The molecule has 0 fully saturated rings. The summed E-state index contributed by atoms with van der Waals surface area (Å²) in [5.41, 5.74) is 0. The monoisotopic (exact) mass is 504 g/mol. The number of rotatable bonds is 28. The molecule has 0 bridgehead atoms. The van der Waals surface area contributed by atoms with Crippen molar-refractivity contribution in [2.45, 2.75) is 155 Å². The first kappa shape index (κ1) is 34.7. The molecule has 7 nitrogen and oxygen atoms in total. The molecule has 0 aliphatic carbocycles. The lowest BCUT2D eigenvalue weighted by Crippen LogP contribution is -2.43. The molecule has 0 atom stereocenters. The van der Waals surface area contributed by atoms with Crippen LogP contribution in [0, 0.1) is 0 Å². The number of nitrogens with zero attached hydrogens (tertiary/aromatic N) is 2. The van der Waals surface area contributed by atoms with E-state index in [9.17, 15) is 20.4 Å². The van der Waals surface area contributed by atoms with Crippen molar-refractivity contribution in [1.82, 2.24) is 10.1 Å². The maximum Gasteiger partial charge on any atom is 0.166 e. The van der Waals surface area contributed by atoms with Crippen LogP contribution in [-0.2, 0) is 4.94 Å². The molecule has 0 rings (SSSR count). The van der Waals surface area contributed by atoms with E-state index in [0.717, 1.165) is 25.7 Å². The zero-order chi connectivity index (χ0) is 26.0. The summed E-state index contributed by atoms with van der Waals surface area (Å²) in [5.74, 6) is 0. The third-order valence-electron chi connectivity index (χ3n) is 6.49. The van der Waals surface area contributed by atoms with Gasteiger partial charge in [0.1, 0.15) is 0 Å². The topological polar surface area (TPSA) is 96.6 Å². The zero-order valence-electron chi connectivity index (χ0n) is 23.2. The molecule has 212 valence electrons. The lowest BCUT2D eigenvalue weighted by molar-refractivity contribution is -0.347.